The minimum atomic E-state index is -0.493. The molecule has 1 aliphatic heterocycles. The fourth-order valence-corrected chi connectivity index (χ4v) is 3.88. The number of nitrogens with zero attached hydrogens (tertiary/aromatic N) is 2. The van der Waals surface area contributed by atoms with Crippen molar-refractivity contribution in [2.24, 2.45) is 5.92 Å². The topological polar surface area (TPSA) is 61.9 Å². The lowest BCUT2D eigenvalue weighted by Gasteiger charge is -2.42. The van der Waals surface area contributed by atoms with Crippen molar-refractivity contribution in [1.82, 2.24) is 9.21 Å². The second kappa shape index (κ2) is 9.47. The predicted molar refractivity (Wildman–Crippen MR) is 114 cm³/mol. The zero-order valence-electron chi connectivity index (χ0n) is 17.4. The maximum absolute atomic E-state index is 12.6. The summed E-state index contributed by atoms with van der Waals surface area (Å²) < 4.78 is 7.87. The van der Waals surface area contributed by atoms with Crippen LogP contribution in [-0.2, 0) is 9.53 Å². The fourth-order valence-electron chi connectivity index (χ4n) is 2.93. The van der Waals surface area contributed by atoms with E-state index >= 15 is 0 Å². The van der Waals surface area contributed by atoms with E-state index in [1.165, 1.54) is 6.08 Å². The van der Waals surface area contributed by atoms with E-state index in [9.17, 15) is 9.59 Å². The Balaban J connectivity index is 1.99. The first-order valence-corrected chi connectivity index (χ1v) is 10.3. The van der Waals surface area contributed by atoms with Crippen molar-refractivity contribution in [1.29, 1.82) is 0 Å². The number of hydrogen-bond donors (Lipinski definition) is 1. The van der Waals surface area contributed by atoms with Gasteiger partial charge in [0, 0.05) is 30.2 Å². The molecule has 2 amide bonds. The van der Waals surface area contributed by atoms with Gasteiger partial charge in [-0.1, -0.05) is 20.4 Å². The maximum Gasteiger partial charge on any atom is 0.410 e. The Kier molecular flexibility index (Phi) is 7.55. The van der Waals surface area contributed by atoms with Crippen LogP contribution in [0.3, 0.4) is 0 Å². The van der Waals surface area contributed by atoms with Crippen LogP contribution in [0.1, 0.15) is 34.6 Å². The molecule has 0 aromatic heterocycles. The molecule has 0 aliphatic carbocycles. The fraction of sp³-hybridized carbons (Fsp3) is 0.524. The standard InChI is InChI=1S/C21H31N3O3S/c1-7-19(25)22-16-8-10-17(11-9-16)28-23-12-13-24(18(14-23)15(2)3)20(26)27-21(4,5)6/h7-11,15,18H,1,12-14H2,2-6H3,(H,22,25)/t18-/m1/s1. The first-order valence-electron chi connectivity index (χ1n) is 9.55. The highest BCUT2D eigenvalue weighted by atomic mass is 32.2. The molecule has 6 nitrogen and oxygen atoms in total. The van der Waals surface area contributed by atoms with E-state index in [4.69, 9.17) is 4.74 Å². The molecule has 0 spiro atoms. The number of amides is 2. The van der Waals surface area contributed by atoms with Gasteiger partial charge in [0.05, 0.1) is 6.04 Å². The Morgan fingerprint density at radius 2 is 1.89 bits per heavy atom. The Labute approximate surface area is 172 Å². The molecular weight excluding hydrogens is 374 g/mol. The number of hydrogen-bond acceptors (Lipinski definition) is 5. The molecule has 1 fully saturated rings. The van der Waals surface area contributed by atoms with Crippen molar-refractivity contribution in [2.75, 3.05) is 25.0 Å². The molecular formula is C21H31N3O3S. The van der Waals surface area contributed by atoms with Gasteiger partial charge in [-0.15, -0.1) is 0 Å². The summed E-state index contributed by atoms with van der Waals surface area (Å²) in [5.74, 6) is 0.103. The Bertz CT molecular complexity index is 698. The van der Waals surface area contributed by atoms with Crippen molar-refractivity contribution < 1.29 is 14.3 Å². The molecule has 1 heterocycles. The summed E-state index contributed by atoms with van der Waals surface area (Å²) in [5.41, 5.74) is 0.247. The molecule has 2 rings (SSSR count). The Morgan fingerprint density at radius 3 is 2.43 bits per heavy atom. The summed E-state index contributed by atoms with van der Waals surface area (Å²) in [6.07, 6.45) is 1.01. The lowest BCUT2D eigenvalue weighted by molar-refractivity contribution is -0.111. The Morgan fingerprint density at radius 1 is 1.25 bits per heavy atom. The lowest BCUT2D eigenvalue weighted by atomic mass is 10.0. The zero-order chi connectivity index (χ0) is 20.9. The van der Waals surface area contributed by atoms with Crippen molar-refractivity contribution in [3.05, 3.63) is 36.9 Å². The molecule has 7 heteroatoms. The van der Waals surface area contributed by atoms with Gasteiger partial charge in [-0.05, 0) is 69.0 Å². The third kappa shape index (κ3) is 6.56. The summed E-state index contributed by atoms with van der Waals surface area (Å²) in [5, 5.41) is 2.74. The van der Waals surface area contributed by atoms with Crippen LogP contribution in [0.15, 0.2) is 41.8 Å². The van der Waals surface area contributed by atoms with Gasteiger partial charge in [-0.3, -0.25) is 4.79 Å². The van der Waals surface area contributed by atoms with Gasteiger partial charge in [0.1, 0.15) is 5.60 Å². The van der Waals surface area contributed by atoms with Crippen molar-refractivity contribution in [3.63, 3.8) is 0 Å². The average Bonchev–Trinajstić information content (AvgIpc) is 2.61. The molecule has 1 atom stereocenters. The number of rotatable bonds is 5. The average molecular weight is 406 g/mol. The number of carbonyl (C=O) groups excluding carboxylic acids is 2. The van der Waals surface area contributed by atoms with E-state index in [2.05, 4.69) is 30.0 Å². The monoisotopic (exact) mass is 405 g/mol. The van der Waals surface area contributed by atoms with Crippen molar-refractivity contribution >= 4 is 29.6 Å². The number of carbonyl (C=O) groups is 2. The number of benzene rings is 1. The highest BCUT2D eigenvalue weighted by molar-refractivity contribution is 7.97. The van der Waals surface area contributed by atoms with Crippen LogP contribution in [0.4, 0.5) is 10.5 Å². The van der Waals surface area contributed by atoms with Gasteiger partial charge < -0.3 is 15.0 Å². The third-order valence-electron chi connectivity index (χ3n) is 4.32. The highest BCUT2D eigenvalue weighted by Crippen LogP contribution is 2.29. The van der Waals surface area contributed by atoms with E-state index in [0.29, 0.717) is 12.5 Å². The van der Waals surface area contributed by atoms with Crippen LogP contribution in [0.5, 0.6) is 0 Å². The van der Waals surface area contributed by atoms with Crippen LogP contribution in [0, 0.1) is 5.92 Å². The minimum absolute atomic E-state index is 0.0993. The van der Waals surface area contributed by atoms with Crippen LogP contribution in [-0.4, -0.2) is 52.5 Å². The predicted octanol–water partition coefficient (Wildman–Crippen LogP) is 4.40. The summed E-state index contributed by atoms with van der Waals surface area (Å²) in [6, 6.07) is 7.81. The molecule has 1 aromatic carbocycles. The van der Waals surface area contributed by atoms with Crippen LogP contribution >= 0.6 is 11.9 Å². The smallest absolute Gasteiger partial charge is 0.410 e. The molecule has 1 N–H and O–H groups in total. The quantitative estimate of drug-likeness (QED) is 0.581. The van der Waals surface area contributed by atoms with E-state index < -0.39 is 5.60 Å². The molecule has 0 unspecified atom stereocenters. The van der Waals surface area contributed by atoms with Gasteiger partial charge in [0.15, 0.2) is 0 Å². The van der Waals surface area contributed by atoms with Crippen LogP contribution in [0.2, 0.25) is 0 Å². The second-order valence-corrected chi connectivity index (χ2v) is 9.35. The van der Waals surface area contributed by atoms with E-state index in [1.54, 1.807) is 11.9 Å². The molecule has 0 radical (unpaired) electrons. The molecule has 1 aromatic rings. The second-order valence-electron chi connectivity index (χ2n) is 8.18. The van der Waals surface area contributed by atoms with Crippen molar-refractivity contribution in [2.45, 2.75) is 51.2 Å². The maximum atomic E-state index is 12.6. The van der Waals surface area contributed by atoms with E-state index in [-0.39, 0.29) is 18.0 Å². The first-order chi connectivity index (χ1) is 13.1. The molecule has 1 aliphatic rings. The molecule has 1 saturated heterocycles. The van der Waals surface area contributed by atoms with Gasteiger partial charge >= 0.3 is 6.09 Å². The number of nitrogens with one attached hydrogen (secondary N) is 1. The molecule has 28 heavy (non-hydrogen) atoms. The van der Waals surface area contributed by atoms with Gasteiger partial charge in [-0.2, -0.15) is 0 Å². The van der Waals surface area contributed by atoms with Crippen molar-refractivity contribution in [3.8, 4) is 0 Å². The molecule has 0 bridgehead atoms. The van der Waals surface area contributed by atoms with Crippen LogP contribution in [0.25, 0.3) is 0 Å². The van der Waals surface area contributed by atoms with Crippen LogP contribution < -0.4 is 5.32 Å². The SMILES string of the molecule is C=CC(=O)Nc1ccc(SN2CCN(C(=O)OC(C)(C)C)[C@@H](C(C)C)C2)cc1. The van der Waals surface area contributed by atoms with Gasteiger partial charge in [-0.25, -0.2) is 9.10 Å². The summed E-state index contributed by atoms with van der Waals surface area (Å²) in [4.78, 5) is 26.9. The summed E-state index contributed by atoms with van der Waals surface area (Å²) >= 11 is 1.67. The normalized spacial score (nSPS) is 18.1. The zero-order valence-corrected chi connectivity index (χ0v) is 18.2. The third-order valence-corrected chi connectivity index (χ3v) is 5.39. The first kappa shape index (κ1) is 22.3. The number of ether oxygens (including phenoxy) is 1. The van der Waals surface area contributed by atoms with Gasteiger partial charge in [0.25, 0.3) is 0 Å². The summed E-state index contributed by atoms with van der Waals surface area (Å²) in [7, 11) is 0. The Hall–Kier alpha value is -1.99. The van der Waals surface area contributed by atoms with E-state index in [0.717, 1.165) is 23.7 Å². The van der Waals surface area contributed by atoms with E-state index in [1.807, 2.05) is 49.9 Å². The largest absolute Gasteiger partial charge is 0.444 e. The number of piperazine rings is 1. The lowest BCUT2D eigenvalue weighted by Crippen LogP contribution is -2.56. The minimum Gasteiger partial charge on any atom is -0.444 e. The molecule has 154 valence electrons. The molecule has 0 saturated carbocycles. The summed E-state index contributed by atoms with van der Waals surface area (Å²) in [6.45, 7) is 15.6. The number of anilines is 1. The highest BCUT2D eigenvalue weighted by Gasteiger charge is 2.35. The van der Waals surface area contributed by atoms with Gasteiger partial charge in [0.2, 0.25) is 5.91 Å².